The highest BCUT2D eigenvalue weighted by Crippen LogP contribution is 2.42. The van der Waals surface area contributed by atoms with E-state index in [0.29, 0.717) is 29.4 Å². The summed E-state index contributed by atoms with van der Waals surface area (Å²) in [7, 11) is 0. The SMILES string of the molecule is CCCCCc1ccc(OC/C=C/C2CCC(C3CCC(CCCCC)CC3)CC2)c(C#N)c1C#N. The Morgan fingerprint density at radius 2 is 1.44 bits per heavy atom. The van der Waals surface area contributed by atoms with Crippen LogP contribution in [0.3, 0.4) is 0 Å². The maximum atomic E-state index is 9.68. The number of allylic oxidation sites excluding steroid dienone is 1. The van der Waals surface area contributed by atoms with Crippen molar-refractivity contribution in [2.75, 3.05) is 6.61 Å². The van der Waals surface area contributed by atoms with Crippen LogP contribution in [0.15, 0.2) is 24.3 Å². The minimum atomic E-state index is 0.389. The zero-order valence-corrected chi connectivity index (χ0v) is 22.9. The Balaban J connectivity index is 1.41. The second-order valence-corrected chi connectivity index (χ2v) is 11.3. The van der Waals surface area contributed by atoms with E-state index >= 15 is 0 Å². The van der Waals surface area contributed by atoms with Crippen molar-refractivity contribution >= 4 is 0 Å². The highest BCUT2D eigenvalue weighted by atomic mass is 16.5. The Hall–Kier alpha value is -2.26. The number of hydrogen-bond donors (Lipinski definition) is 0. The van der Waals surface area contributed by atoms with E-state index in [1.54, 1.807) is 0 Å². The molecule has 0 amide bonds. The molecular weight excluding hydrogens is 440 g/mol. The first-order valence-electron chi connectivity index (χ1n) is 15.0. The van der Waals surface area contributed by atoms with Crippen molar-refractivity contribution in [3.63, 3.8) is 0 Å². The standard InChI is InChI=1S/C33H48N2O/c1-3-5-7-10-26-13-17-28(18-14-26)29-19-15-27(16-20-29)11-9-23-36-33-22-21-30(12-8-6-4-2)31(24-34)32(33)25-35/h9,11,21-22,26-29H,3-8,10,12-20,23H2,1-2H3/b11-9+. The van der Waals surface area contributed by atoms with E-state index in [-0.39, 0.29) is 0 Å². The highest BCUT2D eigenvalue weighted by molar-refractivity contribution is 5.57. The average molecular weight is 489 g/mol. The van der Waals surface area contributed by atoms with E-state index in [4.69, 9.17) is 4.74 Å². The molecular formula is C33H48N2O. The van der Waals surface area contributed by atoms with Crippen molar-refractivity contribution in [2.45, 2.75) is 117 Å². The molecule has 196 valence electrons. The summed E-state index contributed by atoms with van der Waals surface area (Å²) in [6, 6.07) is 8.30. The maximum absolute atomic E-state index is 9.68. The van der Waals surface area contributed by atoms with Gasteiger partial charge in [-0.1, -0.05) is 83.4 Å². The summed E-state index contributed by atoms with van der Waals surface area (Å²) in [4.78, 5) is 0. The van der Waals surface area contributed by atoms with Crippen LogP contribution < -0.4 is 4.74 Å². The lowest BCUT2D eigenvalue weighted by atomic mass is 9.68. The van der Waals surface area contributed by atoms with Crippen LogP contribution in [0, 0.1) is 46.3 Å². The fourth-order valence-electron chi connectivity index (χ4n) is 6.59. The molecule has 0 saturated heterocycles. The average Bonchev–Trinajstić information content (AvgIpc) is 2.92. The molecule has 0 radical (unpaired) electrons. The van der Waals surface area contributed by atoms with Crippen molar-refractivity contribution in [3.05, 3.63) is 41.0 Å². The van der Waals surface area contributed by atoms with Crippen LogP contribution in [0.2, 0.25) is 0 Å². The molecule has 0 N–H and O–H groups in total. The number of rotatable bonds is 13. The Bertz CT molecular complexity index is 889. The minimum Gasteiger partial charge on any atom is -0.488 e. The van der Waals surface area contributed by atoms with Gasteiger partial charge in [-0.2, -0.15) is 10.5 Å². The fourth-order valence-corrected chi connectivity index (χ4v) is 6.59. The molecule has 2 saturated carbocycles. The molecule has 2 aliphatic carbocycles. The van der Waals surface area contributed by atoms with E-state index in [1.165, 1.54) is 77.0 Å². The van der Waals surface area contributed by atoms with Crippen LogP contribution in [0.25, 0.3) is 0 Å². The zero-order chi connectivity index (χ0) is 25.6. The summed E-state index contributed by atoms with van der Waals surface area (Å²) < 4.78 is 5.94. The number of nitriles is 2. The Morgan fingerprint density at radius 3 is 2.08 bits per heavy atom. The summed E-state index contributed by atoms with van der Waals surface area (Å²) in [6.07, 6.45) is 25.5. The molecule has 0 atom stereocenters. The molecule has 2 fully saturated rings. The van der Waals surface area contributed by atoms with Gasteiger partial charge in [-0.25, -0.2) is 0 Å². The second kappa shape index (κ2) is 15.8. The third-order valence-electron chi connectivity index (χ3n) is 8.86. The summed E-state index contributed by atoms with van der Waals surface area (Å²) >= 11 is 0. The summed E-state index contributed by atoms with van der Waals surface area (Å²) in [5.41, 5.74) is 1.84. The van der Waals surface area contributed by atoms with Gasteiger partial charge in [-0.3, -0.25) is 0 Å². The number of benzene rings is 1. The third kappa shape index (κ3) is 8.40. The van der Waals surface area contributed by atoms with Gasteiger partial charge in [0.1, 0.15) is 30.1 Å². The molecule has 2 aliphatic rings. The Morgan fingerprint density at radius 1 is 0.806 bits per heavy atom. The third-order valence-corrected chi connectivity index (χ3v) is 8.86. The Kier molecular flexibility index (Phi) is 12.4. The molecule has 0 aromatic heterocycles. The monoisotopic (exact) mass is 488 g/mol. The van der Waals surface area contributed by atoms with Crippen LogP contribution in [0.1, 0.15) is 127 Å². The van der Waals surface area contributed by atoms with Crippen LogP contribution in [-0.2, 0) is 6.42 Å². The van der Waals surface area contributed by atoms with E-state index in [2.05, 4.69) is 38.1 Å². The number of ether oxygens (including phenoxy) is 1. The predicted octanol–water partition coefficient (Wildman–Crippen LogP) is 9.29. The van der Waals surface area contributed by atoms with Crippen molar-refractivity contribution < 1.29 is 4.74 Å². The lowest BCUT2D eigenvalue weighted by molar-refractivity contribution is 0.151. The first-order valence-corrected chi connectivity index (χ1v) is 15.0. The van der Waals surface area contributed by atoms with Gasteiger partial charge in [0.15, 0.2) is 0 Å². The molecule has 0 unspecified atom stereocenters. The maximum Gasteiger partial charge on any atom is 0.138 e. The van der Waals surface area contributed by atoms with Gasteiger partial charge in [-0.05, 0) is 86.7 Å². The highest BCUT2D eigenvalue weighted by Gasteiger charge is 2.30. The van der Waals surface area contributed by atoms with Crippen molar-refractivity contribution in [3.8, 4) is 17.9 Å². The van der Waals surface area contributed by atoms with Crippen LogP contribution >= 0.6 is 0 Å². The van der Waals surface area contributed by atoms with Gasteiger partial charge < -0.3 is 4.74 Å². The van der Waals surface area contributed by atoms with Crippen molar-refractivity contribution in [1.82, 2.24) is 0 Å². The van der Waals surface area contributed by atoms with Gasteiger partial charge in [0.05, 0.1) is 5.56 Å². The number of unbranched alkanes of at least 4 members (excludes halogenated alkanes) is 4. The van der Waals surface area contributed by atoms with E-state index in [1.807, 2.05) is 12.1 Å². The predicted molar refractivity (Wildman–Crippen MR) is 149 cm³/mol. The molecule has 3 nitrogen and oxygen atoms in total. The molecule has 36 heavy (non-hydrogen) atoms. The van der Waals surface area contributed by atoms with Gasteiger partial charge >= 0.3 is 0 Å². The fraction of sp³-hybridized carbons (Fsp3) is 0.697. The van der Waals surface area contributed by atoms with E-state index in [9.17, 15) is 10.5 Å². The van der Waals surface area contributed by atoms with Gasteiger partial charge in [0.2, 0.25) is 0 Å². The lowest BCUT2D eigenvalue weighted by Crippen LogP contribution is -2.25. The molecule has 0 spiro atoms. The molecule has 3 rings (SSSR count). The quantitative estimate of drug-likeness (QED) is 0.205. The van der Waals surface area contributed by atoms with E-state index in [0.717, 1.165) is 49.0 Å². The van der Waals surface area contributed by atoms with Gasteiger partial charge in [0, 0.05) is 0 Å². The smallest absolute Gasteiger partial charge is 0.138 e. The van der Waals surface area contributed by atoms with Crippen molar-refractivity contribution in [2.24, 2.45) is 23.7 Å². The zero-order valence-electron chi connectivity index (χ0n) is 22.9. The van der Waals surface area contributed by atoms with Crippen molar-refractivity contribution in [1.29, 1.82) is 10.5 Å². The van der Waals surface area contributed by atoms with Gasteiger partial charge in [-0.15, -0.1) is 0 Å². The molecule has 1 aromatic rings. The second-order valence-electron chi connectivity index (χ2n) is 11.3. The molecule has 0 bridgehead atoms. The number of nitrogens with zero attached hydrogens (tertiary/aromatic N) is 2. The molecule has 0 heterocycles. The number of aryl methyl sites for hydroxylation is 1. The summed E-state index contributed by atoms with van der Waals surface area (Å²) in [5, 5.41) is 19.3. The summed E-state index contributed by atoms with van der Waals surface area (Å²) in [5.74, 6) is 4.12. The minimum absolute atomic E-state index is 0.389. The first kappa shape index (κ1) is 28.3. The largest absolute Gasteiger partial charge is 0.488 e. The van der Waals surface area contributed by atoms with Crippen LogP contribution in [-0.4, -0.2) is 6.61 Å². The van der Waals surface area contributed by atoms with Crippen LogP contribution in [0.4, 0.5) is 0 Å². The molecule has 0 aliphatic heterocycles. The first-order chi connectivity index (χ1) is 17.7. The topological polar surface area (TPSA) is 56.8 Å². The normalized spacial score (nSPS) is 24.3. The Labute approximate surface area is 220 Å². The number of hydrogen-bond acceptors (Lipinski definition) is 3. The van der Waals surface area contributed by atoms with E-state index < -0.39 is 0 Å². The van der Waals surface area contributed by atoms with Crippen LogP contribution in [0.5, 0.6) is 5.75 Å². The van der Waals surface area contributed by atoms with Gasteiger partial charge in [0.25, 0.3) is 0 Å². The lowest BCUT2D eigenvalue weighted by Gasteiger charge is -2.37. The molecule has 1 aromatic carbocycles. The summed E-state index contributed by atoms with van der Waals surface area (Å²) in [6.45, 7) is 4.93. The molecule has 3 heteroatoms.